The van der Waals surface area contributed by atoms with Gasteiger partial charge in [-0.05, 0) is 84.0 Å². The van der Waals surface area contributed by atoms with Crippen molar-refractivity contribution >= 4 is 39.6 Å². The third-order valence-corrected chi connectivity index (χ3v) is 12.7. The summed E-state index contributed by atoms with van der Waals surface area (Å²) in [6, 6.07) is -3.91. The van der Waals surface area contributed by atoms with E-state index in [-0.39, 0.29) is 29.8 Å². The summed E-state index contributed by atoms with van der Waals surface area (Å²) >= 11 is 0. The highest BCUT2D eigenvalue weighted by atomic mass is 32.2. The fraction of sp³-hybridized carbons (Fsp3) is 0.857. The van der Waals surface area contributed by atoms with Crippen LogP contribution < -0.4 is 21.3 Å². The summed E-state index contributed by atoms with van der Waals surface area (Å²) in [5, 5.41) is 11.4. The Kier molecular flexibility index (Phi) is 12.5. The van der Waals surface area contributed by atoms with Crippen LogP contribution in [-0.2, 0) is 29.2 Å². The zero-order chi connectivity index (χ0) is 36.3. The Labute approximate surface area is 292 Å². The third-order valence-electron chi connectivity index (χ3n) is 10.2. The smallest absolute Gasteiger partial charge is 0.315 e. The summed E-state index contributed by atoms with van der Waals surface area (Å²) in [4.78, 5) is 68.7. The predicted octanol–water partition coefficient (Wildman–Crippen LogP) is 2.98. The molecule has 49 heavy (non-hydrogen) atoms. The van der Waals surface area contributed by atoms with Crippen molar-refractivity contribution in [3.63, 3.8) is 0 Å². The molecule has 0 aromatic rings. The summed E-state index contributed by atoms with van der Waals surface area (Å²) in [5.74, 6) is -2.19. The van der Waals surface area contributed by atoms with E-state index < -0.39 is 68.6 Å². The zero-order valence-electron chi connectivity index (χ0n) is 30.6. The second kappa shape index (κ2) is 15.7. The number of nitrogens with zero attached hydrogens (tertiary/aromatic N) is 2. The lowest BCUT2D eigenvalue weighted by atomic mass is 9.83. The van der Waals surface area contributed by atoms with Crippen LogP contribution in [0.15, 0.2) is 0 Å². The number of Topliss-reactive ketones (excluding diaryl/α,β-unsaturated/α-hetero) is 1. The highest BCUT2D eigenvalue weighted by Gasteiger charge is 2.46. The Balaban J connectivity index is 1.47. The van der Waals surface area contributed by atoms with E-state index in [2.05, 4.69) is 21.3 Å². The molecule has 0 radical (unpaired) electrons. The molecule has 4 fully saturated rings. The van der Waals surface area contributed by atoms with E-state index in [1.807, 2.05) is 48.5 Å². The second-order valence-electron chi connectivity index (χ2n) is 16.6. The van der Waals surface area contributed by atoms with Gasteiger partial charge in [0, 0.05) is 24.7 Å². The van der Waals surface area contributed by atoms with Crippen LogP contribution in [-0.4, -0.2) is 101 Å². The lowest BCUT2D eigenvalue weighted by molar-refractivity contribution is -0.144. The van der Waals surface area contributed by atoms with Crippen molar-refractivity contribution in [2.45, 2.75) is 167 Å². The van der Waals surface area contributed by atoms with E-state index in [9.17, 15) is 32.4 Å². The van der Waals surface area contributed by atoms with Gasteiger partial charge in [-0.25, -0.2) is 13.2 Å². The summed E-state index contributed by atoms with van der Waals surface area (Å²) in [6.07, 6.45) is 8.43. The number of amides is 5. The van der Waals surface area contributed by atoms with Crippen LogP contribution in [0.25, 0.3) is 0 Å². The van der Waals surface area contributed by atoms with Gasteiger partial charge in [-0.3, -0.25) is 19.2 Å². The number of rotatable bonds is 15. The molecule has 14 heteroatoms. The monoisotopic (exact) mass is 708 g/mol. The van der Waals surface area contributed by atoms with Crippen molar-refractivity contribution < 1.29 is 32.4 Å². The van der Waals surface area contributed by atoms with Gasteiger partial charge in [-0.2, -0.15) is 4.31 Å². The highest BCUT2D eigenvalue weighted by Crippen LogP contribution is 2.35. The third kappa shape index (κ3) is 10.4. The molecule has 0 spiro atoms. The molecule has 1 aliphatic heterocycles. The zero-order valence-corrected chi connectivity index (χ0v) is 31.4. The van der Waals surface area contributed by atoms with Gasteiger partial charge in [0.05, 0.1) is 17.3 Å². The molecule has 3 saturated carbocycles. The molecule has 1 heterocycles. The van der Waals surface area contributed by atoms with Crippen molar-refractivity contribution in [1.82, 2.24) is 30.5 Å². The maximum Gasteiger partial charge on any atom is 0.315 e. The van der Waals surface area contributed by atoms with Gasteiger partial charge in [0.2, 0.25) is 27.6 Å². The number of nitrogens with one attached hydrogen (secondary N) is 4. The number of sulfonamides is 1. The first-order chi connectivity index (χ1) is 22.8. The number of hydrogen-bond acceptors (Lipinski definition) is 7. The van der Waals surface area contributed by atoms with Crippen molar-refractivity contribution in [3.05, 3.63) is 0 Å². The first kappa shape index (κ1) is 39.1. The molecule has 0 aromatic carbocycles. The van der Waals surface area contributed by atoms with Crippen LogP contribution in [0.4, 0.5) is 4.79 Å². The summed E-state index contributed by atoms with van der Waals surface area (Å²) in [6.45, 7) is 13.1. The molecular weight excluding hydrogens is 648 g/mol. The first-order valence-electron chi connectivity index (χ1n) is 18.4. The first-order valence-corrected chi connectivity index (χ1v) is 20.0. The molecule has 13 nitrogen and oxygen atoms in total. The van der Waals surface area contributed by atoms with Gasteiger partial charge >= 0.3 is 6.03 Å². The van der Waals surface area contributed by atoms with E-state index in [0.29, 0.717) is 38.6 Å². The lowest BCUT2D eigenvalue weighted by Crippen LogP contribution is -2.64. The molecule has 0 unspecified atom stereocenters. The maximum atomic E-state index is 14.2. The van der Waals surface area contributed by atoms with Crippen LogP contribution in [0.3, 0.4) is 0 Å². The Morgan fingerprint density at radius 1 is 0.857 bits per heavy atom. The highest BCUT2D eigenvalue weighted by molar-refractivity contribution is 7.89. The van der Waals surface area contributed by atoms with Gasteiger partial charge < -0.3 is 26.2 Å². The fourth-order valence-corrected chi connectivity index (χ4v) is 10.0. The van der Waals surface area contributed by atoms with E-state index in [0.717, 1.165) is 44.9 Å². The van der Waals surface area contributed by atoms with Crippen LogP contribution in [0, 0.1) is 11.3 Å². The van der Waals surface area contributed by atoms with Gasteiger partial charge in [0.25, 0.3) is 5.91 Å². The average molecular weight is 709 g/mol. The van der Waals surface area contributed by atoms with Crippen LogP contribution in [0.2, 0.25) is 0 Å². The minimum atomic E-state index is -3.73. The average Bonchev–Trinajstić information content (AvgIpc) is 3.92. The quantitative estimate of drug-likeness (QED) is 0.189. The molecule has 5 amide bonds. The summed E-state index contributed by atoms with van der Waals surface area (Å²) < 4.78 is 28.9. The van der Waals surface area contributed by atoms with Crippen molar-refractivity contribution in [2.24, 2.45) is 11.3 Å². The van der Waals surface area contributed by atoms with Gasteiger partial charge in [-0.1, -0.05) is 52.9 Å². The molecule has 0 aromatic heterocycles. The van der Waals surface area contributed by atoms with Crippen LogP contribution in [0.1, 0.15) is 126 Å². The number of carbonyl (C=O) groups excluding carboxylic acids is 5. The minimum absolute atomic E-state index is 0.0165. The maximum absolute atomic E-state index is 14.2. The number of ketones is 1. The van der Waals surface area contributed by atoms with Crippen molar-refractivity contribution in [1.29, 1.82) is 0 Å². The molecule has 0 bridgehead atoms. The molecular formula is C35H60N6O7S. The van der Waals surface area contributed by atoms with E-state index >= 15 is 0 Å². The molecule has 278 valence electrons. The SMILES string of the molecule is CC(C)N(C(C)C)S(=O)(=O)CC1(NC(=O)N[C@H](C(=O)N2CCC[C@H]2C(=O)N[C@@H](CC2CC2)C(=O)C(=O)NC2CC2)C(C)(C)C)CCCCC1. The Bertz CT molecular complexity index is 1340. The molecule has 1 saturated heterocycles. The van der Waals surface area contributed by atoms with Gasteiger partial charge in [-0.15, -0.1) is 0 Å². The van der Waals surface area contributed by atoms with Crippen LogP contribution in [0.5, 0.6) is 0 Å². The molecule has 3 aliphatic carbocycles. The number of carbonyl (C=O) groups is 5. The predicted molar refractivity (Wildman–Crippen MR) is 187 cm³/mol. The normalized spacial score (nSPS) is 22.5. The summed E-state index contributed by atoms with van der Waals surface area (Å²) in [5.41, 5.74) is -1.74. The summed E-state index contributed by atoms with van der Waals surface area (Å²) in [7, 11) is -3.73. The Morgan fingerprint density at radius 2 is 1.47 bits per heavy atom. The lowest BCUT2D eigenvalue weighted by Gasteiger charge is -2.41. The Hall–Kier alpha value is -2.74. The topological polar surface area (TPSA) is 174 Å². The van der Waals surface area contributed by atoms with E-state index in [4.69, 9.17) is 0 Å². The number of urea groups is 1. The minimum Gasteiger partial charge on any atom is -0.347 e. The molecule has 4 rings (SSSR count). The van der Waals surface area contributed by atoms with E-state index in [1.54, 1.807) is 0 Å². The number of hydrogen-bond donors (Lipinski definition) is 4. The Morgan fingerprint density at radius 3 is 2.00 bits per heavy atom. The largest absolute Gasteiger partial charge is 0.347 e. The molecule has 3 atom stereocenters. The second-order valence-corrected chi connectivity index (χ2v) is 18.4. The fourth-order valence-electron chi connectivity index (χ4n) is 7.55. The van der Waals surface area contributed by atoms with Crippen molar-refractivity contribution in [3.8, 4) is 0 Å². The van der Waals surface area contributed by atoms with E-state index in [1.165, 1.54) is 9.21 Å². The molecule has 4 N–H and O–H groups in total. The van der Waals surface area contributed by atoms with Gasteiger partial charge in [0.15, 0.2) is 0 Å². The number of likely N-dealkylation sites (tertiary alicyclic amines) is 1. The standard InChI is InChI=1S/C35H60N6O7S/c1-22(2)41(23(3)4)49(47,48)21-35(17-9-8-10-18-35)39-33(46)38-29(34(5,6)7)32(45)40-19-11-12-27(40)30(43)37-26(20-24-13-14-24)28(42)31(44)36-25-15-16-25/h22-27,29H,8-21H2,1-7H3,(H,36,44)(H,37,43)(H2,38,39,46)/t26-,27-,29+/m0/s1. The molecule has 4 aliphatic rings. The van der Waals surface area contributed by atoms with Crippen LogP contribution >= 0.6 is 0 Å². The van der Waals surface area contributed by atoms with Crippen molar-refractivity contribution in [2.75, 3.05) is 12.3 Å². The van der Waals surface area contributed by atoms with Gasteiger partial charge in [0.1, 0.15) is 12.1 Å².